The van der Waals surface area contributed by atoms with Crippen molar-refractivity contribution in [2.24, 2.45) is 0 Å². The molecule has 100 valence electrons. The molecule has 1 aromatic rings. The van der Waals surface area contributed by atoms with Gasteiger partial charge in [-0.25, -0.2) is 0 Å². The molecule has 0 radical (unpaired) electrons. The monoisotopic (exact) mass is 252 g/mol. The Labute approximate surface area is 107 Å². The molecule has 2 rings (SSSR count). The van der Waals surface area contributed by atoms with Crippen molar-refractivity contribution in [1.82, 2.24) is 9.88 Å². The Morgan fingerprint density at radius 1 is 1.50 bits per heavy atom. The van der Waals surface area contributed by atoms with E-state index in [1.165, 1.54) is 0 Å². The predicted molar refractivity (Wildman–Crippen MR) is 67.6 cm³/mol. The maximum Gasteiger partial charge on any atom is 0.192 e. The second-order valence-electron chi connectivity index (χ2n) is 4.58. The summed E-state index contributed by atoms with van der Waals surface area (Å²) in [6.07, 6.45) is 3.85. The van der Waals surface area contributed by atoms with Gasteiger partial charge in [0.25, 0.3) is 0 Å². The fraction of sp³-hybridized carbons (Fsp3) is 0.615. The molecule has 0 atom stereocenters. The minimum Gasteiger partial charge on any atom is -0.394 e. The van der Waals surface area contributed by atoms with Gasteiger partial charge in [-0.2, -0.15) is 0 Å². The first-order chi connectivity index (χ1) is 8.79. The third-order valence-corrected chi connectivity index (χ3v) is 3.25. The molecule has 1 aromatic heterocycles. The van der Waals surface area contributed by atoms with E-state index >= 15 is 0 Å². The number of aromatic amines is 1. The molecule has 1 aliphatic rings. The van der Waals surface area contributed by atoms with Crippen molar-refractivity contribution < 1.29 is 14.6 Å². The van der Waals surface area contributed by atoms with E-state index in [1.807, 2.05) is 6.07 Å². The third kappa shape index (κ3) is 3.66. The number of ether oxygens (including phenoxy) is 1. The van der Waals surface area contributed by atoms with E-state index in [1.54, 1.807) is 12.3 Å². The summed E-state index contributed by atoms with van der Waals surface area (Å²) in [6.45, 7) is 2.70. The summed E-state index contributed by atoms with van der Waals surface area (Å²) < 4.78 is 5.49. The highest BCUT2D eigenvalue weighted by Gasteiger charge is 2.21. The van der Waals surface area contributed by atoms with Crippen LogP contribution in [0.4, 0.5) is 0 Å². The number of aliphatic hydroxyl groups excluding tert-OH is 1. The molecule has 5 heteroatoms. The highest BCUT2D eigenvalue weighted by molar-refractivity contribution is 5.95. The van der Waals surface area contributed by atoms with Crippen LogP contribution in [0.1, 0.15) is 23.3 Å². The molecule has 0 spiro atoms. The van der Waals surface area contributed by atoms with E-state index in [9.17, 15) is 4.79 Å². The molecule has 0 bridgehead atoms. The molecular weight excluding hydrogens is 232 g/mol. The fourth-order valence-electron chi connectivity index (χ4n) is 2.25. The van der Waals surface area contributed by atoms with E-state index in [4.69, 9.17) is 9.84 Å². The van der Waals surface area contributed by atoms with Crippen LogP contribution in [-0.2, 0) is 4.74 Å². The van der Waals surface area contributed by atoms with Crippen LogP contribution < -0.4 is 0 Å². The largest absolute Gasteiger partial charge is 0.394 e. The number of Topliss-reactive ketones (excluding diaryl/α,β-unsaturated/α-hetero) is 1. The first-order valence-electron chi connectivity index (χ1n) is 6.41. The van der Waals surface area contributed by atoms with Crippen molar-refractivity contribution in [2.45, 2.75) is 18.9 Å². The van der Waals surface area contributed by atoms with E-state index in [0.717, 1.165) is 25.9 Å². The maximum atomic E-state index is 11.9. The highest BCUT2D eigenvalue weighted by Crippen LogP contribution is 2.14. The second-order valence-corrected chi connectivity index (χ2v) is 4.58. The van der Waals surface area contributed by atoms with E-state index in [0.29, 0.717) is 18.8 Å². The summed E-state index contributed by atoms with van der Waals surface area (Å²) in [5.74, 6) is 0.134. The third-order valence-electron chi connectivity index (χ3n) is 3.25. The molecule has 0 unspecified atom stereocenters. The van der Waals surface area contributed by atoms with Gasteiger partial charge in [0.05, 0.1) is 31.6 Å². The lowest BCUT2D eigenvalue weighted by atomic mass is 10.1. The SMILES string of the molecule is O=C(CN1CCC(OCCO)CC1)c1ccc[nH]1. The zero-order valence-electron chi connectivity index (χ0n) is 10.5. The zero-order chi connectivity index (χ0) is 12.8. The average molecular weight is 252 g/mol. The second kappa shape index (κ2) is 6.68. The van der Waals surface area contributed by atoms with E-state index in [-0.39, 0.29) is 18.5 Å². The van der Waals surface area contributed by atoms with E-state index in [2.05, 4.69) is 9.88 Å². The molecule has 0 amide bonds. The summed E-state index contributed by atoms with van der Waals surface area (Å²) in [6, 6.07) is 3.64. The van der Waals surface area contributed by atoms with Gasteiger partial charge in [0.2, 0.25) is 0 Å². The Balaban J connectivity index is 1.72. The van der Waals surface area contributed by atoms with Crippen molar-refractivity contribution in [2.75, 3.05) is 32.8 Å². The Morgan fingerprint density at radius 2 is 2.28 bits per heavy atom. The highest BCUT2D eigenvalue weighted by atomic mass is 16.5. The van der Waals surface area contributed by atoms with Crippen LogP contribution >= 0.6 is 0 Å². The lowest BCUT2D eigenvalue weighted by Crippen LogP contribution is -2.40. The summed E-state index contributed by atoms with van der Waals surface area (Å²) in [7, 11) is 0. The lowest BCUT2D eigenvalue weighted by molar-refractivity contribution is -0.00691. The number of piperidine rings is 1. The van der Waals surface area contributed by atoms with Crippen LogP contribution in [0, 0.1) is 0 Å². The van der Waals surface area contributed by atoms with Crippen LogP contribution in [-0.4, -0.2) is 59.7 Å². The molecule has 1 fully saturated rings. The van der Waals surface area contributed by atoms with Crippen molar-refractivity contribution in [3.05, 3.63) is 24.0 Å². The summed E-state index contributed by atoms with van der Waals surface area (Å²) in [5.41, 5.74) is 0.675. The molecule has 0 aliphatic carbocycles. The molecule has 2 heterocycles. The minimum absolute atomic E-state index is 0.0749. The number of carbonyl (C=O) groups excluding carboxylic acids is 1. The van der Waals surface area contributed by atoms with Gasteiger partial charge in [-0.05, 0) is 25.0 Å². The molecular formula is C13H20N2O3. The number of nitrogens with one attached hydrogen (secondary N) is 1. The summed E-state index contributed by atoms with van der Waals surface area (Å²) in [5, 5.41) is 8.69. The fourth-order valence-corrected chi connectivity index (χ4v) is 2.25. The quantitative estimate of drug-likeness (QED) is 0.730. The molecule has 0 saturated carbocycles. The number of rotatable bonds is 6. The van der Waals surface area contributed by atoms with Crippen LogP contribution in [0.2, 0.25) is 0 Å². The van der Waals surface area contributed by atoms with Crippen molar-refractivity contribution in [1.29, 1.82) is 0 Å². The maximum absolute atomic E-state index is 11.9. The van der Waals surface area contributed by atoms with Gasteiger partial charge >= 0.3 is 0 Å². The standard InChI is InChI=1S/C13H20N2O3/c16-8-9-18-11-3-6-15(7-4-11)10-13(17)12-2-1-5-14-12/h1-2,5,11,14,16H,3-4,6-10H2. The summed E-state index contributed by atoms with van der Waals surface area (Å²) >= 11 is 0. The van der Waals surface area contributed by atoms with Crippen LogP contribution in [0.5, 0.6) is 0 Å². The van der Waals surface area contributed by atoms with Gasteiger partial charge < -0.3 is 14.8 Å². The zero-order valence-corrected chi connectivity index (χ0v) is 10.5. The first kappa shape index (κ1) is 13.3. The number of H-pyrrole nitrogens is 1. The van der Waals surface area contributed by atoms with Crippen molar-refractivity contribution in [3.63, 3.8) is 0 Å². The summed E-state index contributed by atoms with van der Waals surface area (Å²) in [4.78, 5) is 17.0. The molecule has 18 heavy (non-hydrogen) atoms. The minimum atomic E-state index is 0.0749. The van der Waals surface area contributed by atoms with Gasteiger partial charge in [-0.3, -0.25) is 9.69 Å². The molecule has 0 aromatic carbocycles. The van der Waals surface area contributed by atoms with Crippen LogP contribution in [0.3, 0.4) is 0 Å². The Morgan fingerprint density at radius 3 is 2.89 bits per heavy atom. The number of hydrogen-bond acceptors (Lipinski definition) is 4. The van der Waals surface area contributed by atoms with Gasteiger partial charge in [0, 0.05) is 19.3 Å². The normalized spacial score (nSPS) is 18.1. The first-order valence-corrected chi connectivity index (χ1v) is 6.41. The Bertz CT molecular complexity index is 356. The molecule has 1 aliphatic heterocycles. The Hall–Kier alpha value is -1.17. The smallest absolute Gasteiger partial charge is 0.192 e. The predicted octanol–water partition coefficient (Wildman–Crippen LogP) is 0.671. The number of aliphatic hydroxyl groups is 1. The average Bonchev–Trinajstić information content (AvgIpc) is 2.92. The van der Waals surface area contributed by atoms with Crippen LogP contribution in [0.15, 0.2) is 18.3 Å². The number of likely N-dealkylation sites (tertiary alicyclic amines) is 1. The van der Waals surface area contributed by atoms with Crippen molar-refractivity contribution in [3.8, 4) is 0 Å². The molecule has 2 N–H and O–H groups in total. The van der Waals surface area contributed by atoms with Gasteiger partial charge in [0.15, 0.2) is 5.78 Å². The number of aromatic nitrogens is 1. The number of carbonyl (C=O) groups is 1. The topological polar surface area (TPSA) is 65.6 Å². The van der Waals surface area contributed by atoms with Gasteiger partial charge in [0.1, 0.15) is 0 Å². The Kier molecular flexibility index (Phi) is 4.92. The molecule has 1 saturated heterocycles. The van der Waals surface area contributed by atoms with Crippen LogP contribution in [0.25, 0.3) is 0 Å². The number of hydrogen-bond donors (Lipinski definition) is 2. The van der Waals surface area contributed by atoms with Gasteiger partial charge in [-0.15, -0.1) is 0 Å². The number of ketones is 1. The lowest BCUT2D eigenvalue weighted by Gasteiger charge is -2.31. The van der Waals surface area contributed by atoms with E-state index < -0.39 is 0 Å². The number of nitrogens with zero attached hydrogens (tertiary/aromatic N) is 1. The molecule has 5 nitrogen and oxygen atoms in total. The van der Waals surface area contributed by atoms with Crippen molar-refractivity contribution >= 4 is 5.78 Å². The van der Waals surface area contributed by atoms with Gasteiger partial charge in [-0.1, -0.05) is 0 Å².